The molecule has 1 aromatic carbocycles. The molecule has 0 atom stereocenters. The van der Waals surface area contributed by atoms with Crippen LogP contribution < -0.4 is 10.2 Å². The zero-order valence-corrected chi connectivity index (χ0v) is 15.6. The number of anilines is 1. The number of aromatic nitrogens is 1. The quantitative estimate of drug-likeness (QED) is 0.769. The number of fused-ring (bicyclic) bond motifs is 1. The van der Waals surface area contributed by atoms with E-state index >= 15 is 0 Å². The zero-order chi connectivity index (χ0) is 18.8. The van der Waals surface area contributed by atoms with E-state index in [-0.39, 0.29) is 5.91 Å². The fourth-order valence-electron chi connectivity index (χ4n) is 3.40. The standard InChI is InChI=1S/C21H23N3O3/c1-14-4-3-5-17-15(2)20(27-19(14)17)21(25)23-13-16-6-7-22-18(12-16)24-8-10-26-11-9-24/h3-7,12H,8-11,13H2,1-2H3,(H,23,25). The number of nitrogens with one attached hydrogen (secondary N) is 1. The molecule has 1 saturated heterocycles. The Bertz CT molecular complexity index is 974. The highest BCUT2D eigenvalue weighted by atomic mass is 16.5. The molecule has 3 heterocycles. The second-order valence-electron chi connectivity index (χ2n) is 6.81. The summed E-state index contributed by atoms with van der Waals surface area (Å²) >= 11 is 0. The molecule has 6 heteroatoms. The third-order valence-electron chi connectivity index (χ3n) is 4.96. The van der Waals surface area contributed by atoms with Gasteiger partial charge in [-0.05, 0) is 37.1 Å². The van der Waals surface area contributed by atoms with Gasteiger partial charge >= 0.3 is 0 Å². The number of carbonyl (C=O) groups excluding carboxylic acids is 1. The number of furan rings is 1. The van der Waals surface area contributed by atoms with Gasteiger partial charge in [-0.15, -0.1) is 0 Å². The van der Waals surface area contributed by atoms with E-state index in [9.17, 15) is 4.79 Å². The number of morpholine rings is 1. The molecule has 4 rings (SSSR count). The molecule has 6 nitrogen and oxygen atoms in total. The first kappa shape index (κ1) is 17.5. The van der Waals surface area contributed by atoms with Gasteiger partial charge < -0.3 is 19.4 Å². The van der Waals surface area contributed by atoms with Crippen molar-refractivity contribution in [3.05, 3.63) is 59.0 Å². The van der Waals surface area contributed by atoms with Crippen molar-refractivity contribution in [2.75, 3.05) is 31.2 Å². The van der Waals surface area contributed by atoms with Gasteiger partial charge in [0.2, 0.25) is 0 Å². The number of rotatable bonds is 4. The number of benzene rings is 1. The van der Waals surface area contributed by atoms with Crippen molar-refractivity contribution in [3.63, 3.8) is 0 Å². The van der Waals surface area contributed by atoms with Crippen LogP contribution in [0.1, 0.15) is 27.2 Å². The van der Waals surface area contributed by atoms with Crippen molar-refractivity contribution in [1.82, 2.24) is 10.3 Å². The number of nitrogens with zero attached hydrogens (tertiary/aromatic N) is 2. The van der Waals surface area contributed by atoms with Gasteiger partial charge in [-0.2, -0.15) is 0 Å². The van der Waals surface area contributed by atoms with Gasteiger partial charge in [0.1, 0.15) is 11.4 Å². The summed E-state index contributed by atoms with van der Waals surface area (Å²) in [7, 11) is 0. The van der Waals surface area contributed by atoms with Crippen LogP contribution in [0.3, 0.4) is 0 Å². The summed E-state index contributed by atoms with van der Waals surface area (Å²) in [6, 6.07) is 9.87. The Balaban J connectivity index is 1.48. The van der Waals surface area contributed by atoms with E-state index in [1.165, 1.54) is 0 Å². The van der Waals surface area contributed by atoms with Crippen LogP contribution in [0.2, 0.25) is 0 Å². The average molecular weight is 365 g/mol. The number of ether oxygens (including phenoxy) is 1. The van der Waals surface area contributed by atoms with Crippen LogP contribution in [0.25, 0.3) is 11.0 Å². The smallest absolute Gasteiger partial charge is 0.287 e. The molecule has 1 amide bonds. The topological polar surface area (TPSA) is 67.6 Å². The monoisotopic (exact) mass is 365 g/mol. The summed E-state index contributed by atoms with van der Waals surface area (Å²) in [5.41, 5.74) is 3.68. The Labute approximate surface area is 158 Å². The molecule has 2 aromatic heterocycles. The van der Waals surface area contributed by atoms with E-state index in [1.54, 1.807) is 6.20 Å². The SMILES string of the molecule is Cc1c(C(=O)NCc2ccnc(N3CCOCC3)c2)oc2c(C)cccc12. The summed E-state index contributed by atoms with van der Waals surface area (Å²) in [4.78, 5) is 19.3. The van der Waals surface area contributed by atoms with E-state index in [2.05, 4.69) is 15.2 Å². The molecule has 27 heavy (non-hydrogen) atoms. The third-order valence-corrected chi connectivity index (χ3v) is 4.96. The van der Waals surface area contributed by atoms with Crippen molar-refractivity contribution in [2.45, 2.75) is 20.4 Å². The predicted octanol–water partition coefficient (Wildman–Crippen LogP) is 3.21. The minimum atomic E-state index is -0.201. The van der Waals surface area contributed by atoms with E-state index in [1.807, 2.05) is 44.2 Å². The second kappa shape index (κ2) is 7.40. The average Bonchev–Trinajstić information content (AvgIpc) is 3.05. The first-order valence-corrected chi connectivity index (χ1v) is 9.18. The van der Waals surface area contributed by atoms with E-state index in [0.717, 1.165) is 46.6 Å². The molecule has 1 aliphatic rings. The van der Waals surface area contributed by atoms with Gasteiger partial charge in [-0.25, -0.2) is 4.98 Å². The highest BCUT2D eigenvalue weighted by Crippen LogP contribution is 2.27. The molecule has 1 aliphatic heterocycles. The lowest BCUT2D eigenvalue weighted by Gasteiger charge is -2.28. The van der Waals surface area contributed by atoms with Crippen molar-refractivity contribution in [3.8, 4) is 0 Å². The van der Waals surface area contributed by atoms with Crippen molar-refractivity contribution < 1.29 is 13.9 Å². The van der Waals surface area contributed by atoms with Gasteiger partial charge in [-0.1, -0.05) is 18.2 Å². The minimum Gasteiger partial charge on any atom is -0.450 e. The molecular formula is C21H23N3O3. The Morgan fingerprint density at radius 2 is 2.04 bits per heavy atom. The molecule has 0 radical (unpaired) electrons. The van der Waals surface area contributed by atoms with E-state index in [0.29, 0.717) is 25.5 Å². The molecule has 0 unspecified atom stereocenters. The summed E-state index contributed by atoms with van der Waals surface area (Å²) in [5, 5.41) is 3.95. The van der Waals surface area contributed by atoms with Gasteiger partial charge in [-0.3, -0.25) is 4.79 Å². The van der Waals surface area contributed by atoms with Crippen LogP contribution in [0.5, 0.6) is 0 Å². The maximum Gasteiger partial charge on any atom is 0.287 e. The Kier molecular flexibility index (Phi) is 4.81. The molecule has 0 aliphatic carbocycles. The number of amides is 1. The second-order valence-corrected chi connectivity index (χ2v) is 6.81. The molecule has 1 fully saturated rings. The Hall–Kier alpha value is -2.86. The van der Waals surface area contributed by atoms with Crippen molar-refractivity contribution >= 4 is 22.7 Å². The zero-order valence-electron chi connectivity index (χ0n) is 15.6. The minimum absolute atomic E-state index is 0.201. The van der Waals surface area contributed by atoms with Gasteiger partial charge in [0.25, 0.3) is 5.91 Å². The maximum atomic E-state index is 12.7. The first-order chi connectivity index (χ1) is 13.1. The lowest BCUT2D eigenvalue weighted by molar-refractivity contribution is 0.0924. The summed E-state index contributed by atoms with van der Waals surface area (Å²) in [6.45, 7) is 7.43. The third kappa shape index (κ3) is 3.53. The molecular weight excluding hydrogens is 342 g/mol. The number of aryl methyl sites for hydroxylation is 2. The van der Waals surface area contributed by atoms with Crippen molar-refractivity contribution in [1.29, 1.82) is 0 Å². The number of carbonyl (C=O) groups is 1. The summed E-state index contributed by atoms with van der Waals surface area (Å²) in [6.07, 6.45) is 1.78. The van der Waals surface area contributed by atoms with Crippen LogP contribution >= 0.6 is 0 Å². The normalized spacial score (nSPS) is 14.5. The van der Waals surface area contributed by atoms with Gasteiger partial charge in [0.15, 0.2) is 5.76 Å². The molecule has 1 N–H and O–H groups in total. The maximum absolute atomic E-state index is 12.7. The molecule has 140 valence electrons. The van der Waals surface area contributed by atoms with E-state index < -0.39 is 0 Å². The van der Waals surface area contributed by atoms with Crippen molar-refractivity contribution in [2.24, 2.45) is 0 Å². The first-order valence-electron chi connectivity index (χ1n) is 9.18. The number of hydrogen-bond donors (Lipinski definition) is 1. The molecule has 0 bridgehead atoms. The molecule has 0 spiro atoms. The van der Waals surface area contributed by atoms with Crippen LogP contribution in [0.15, 0.2) is 40.9 Å². The number of hydrogen-bond acceptors (Lipinski definition) is 5. The van der Waals surface area contributed by atoms with Gasteiger partial charge in [0.05, 0.1) is 13.2 Å². The Morgan fingerprint density at radius 1 is 1.22 bits per heavy atom. The predicted molar refractivity (Wildman–Crippen MR) is 104 cm³/mol. The molecule has 0 saturated carbocycles. The van der Waals surface area contributed by atoms with Gasteiger partial charge in [0, 0.05) is 36.8 Å². The number of pyridine rings is 1. The highest BCUT2D eigenvalue weighted by molar-refractivity contribution is 5.99. The van der Waals surface area contributed by atoms with Crippen LogP contribution in [0, 0.1) is 13.8 Å². The fourth-order valence-corrected chi connectivity index (χ4v) is 3.40. The van der Waals surface area contributed by atoms with Crippen LogP contribution in [-0.4, -0.2) is 37.2 Å². The van der Waals surface area contributed by atoms with Crippen LogP contribution in [0.4, 0.5) is 5.82 Å². The highest BCUT2D eigenvalue weighted by Gasteiger charge is 2.18. The number of para-hydroxylation sites is 1. The van der Waals surface area contributed by atoms with E-state index in [4.69, 9.17) is 9.15 Å². The largest absolute Gasteiger partial charge is 0.450 e. The fraction of sp³-hybridized carbons (Fsp3) is 0.333. The lowest BCUT2D eigenvalue weighted by Crippen LogP contribution is -2.36. The lowest BCUT2D eigenvalue weighted by atomic mass is 10.1. The summed E-state index contributed by atoms with van der Waals surface area (Å²) in [5.74, 6) is 1.09. The van der Waals surface area contributed by atoms with Crippen LogP contribution in [-0.2, 0) is 11.3 Å². The molecule has 3 aromatic rings. The Morgan fingerprint density at radius 3 is 2.81 bits per heavy atom. The summed E-state index contributed by atoms with van der Waals surface area (Å²) < 4.78 is 11.2.